The van der Waals surface area contributed by atoms with E-state index in [1.165, 1.54) is 11.3 Å². The first kappa shape index (κ1) is 19.9. The highest BCUT2D eigenvalue weighted by Gasteiger charge is 2.26. The zero-order valence-electron chi connectivity index (χ0n) is 16.1. The van der Waals surface area contributed by atoms with Gasteiger partial charge in [0.1, 0.15) is 6.54 Å². The number of nitrogens with zero attached hydrogens (tertiary/aromatic N) is 3. The maximum absolute atomic E-state index is 13.0. The summed E-state index contributed by atoms with van der Waals surface area (Å²) in [5, 5.41) is 5.95. The van der Waals surface area contributed by atoms with E-state index in [1.54, 1.807) is 24.1 Å². The van der Waals surface area contributed by atoms with Crippen LogP contribution >= 0.6 is 11.3 Å². The molecule has 7 nitrogen and oxygen atoms in total. The van der Waals surface area contributed by atoms with E-state index in [9.17, 15) is 4.79 Å². The number of likely N-dealkylation sites (N-methyl/N-ethyl adjacent to an activating group) is 1. The predicted octanol–water partition coefficient (Wildman–Crippen LogP) is 4.01. The molecule has 28 heavy (non-hydrogen) atoms. The quantitative estimate of drug-likeness (QED) is 0.539. The summed E-state index contributed by atoms with van der Waals surface area (Å²) < 4.78 is 16.6. The highest BCUT2D eigenvalue weighted by atomic mass is 32.1. The third-order valence-corrected chi connectivity index (χ3v) is 5.08. The van der Waals surface area contributed by atoms with Crippen molar-refractivity contribution in [3.05, 3.63) is 47.7 Å². The normalized spacial score (nSPS) is 11.8. The van der Waals surface area contributed by atoms with Crippen LogP contribution in [0.5, 0.6) is 11.5 Å². The van der Waals surface area contributed by atoms with Gasteiger partial charge in [0.15, 0.2) is 17.6 Å². The number of carbonyl (C=O) groups excluding carboxylic acids is 1. The van der Waals surface area contributed by atoms with Gasteiger partial charge in [-0.2, -0.15) is 4.98 Å². The second kappa shape index (κ2) is 9.36. The van der Waals surface area contributed by atoms with Gasteiger partial charge in [-0.25, -0.2) is 0 Å². The standard InChI is InChI=1S/C20H23N3O4S/c1-4-14(26-16-10-7-6-9-15(16)25-3)20(24)23(5-2)13-18-21-19(22-27-18)17-11-8-12-28-17/h6-12,14H,4-5,13H2,1-3H3/t14-/m0/s1. The number of benzene rings is 1. The lowest BCUT2D eigenvalue weighted by atomic mass is 10.2. The van der Waals surface area contributed by atoms with Crippen LogP contribution in [0.2, 0.25) is 0 Å². The molecule has 0 aliphatic carbocycles. The number of amides is 1. The third kappa shape index (κ3) is 4.51. The molecule has 0 N–H and O–H groups in total. The van der Waals surface area contributed by atoms with Crippen molar-refractivity contribution in [2.75, 3.05) is 13.7 Å². The molecule has 0 fully saturated rings. The van der Waals surface area contributed by atoms with Gasteiger partial charge in [0, 0.05) is 6.54 Å². The molecule has 0 spiro atoms. The summed E-state index contributed by atoms with van der Waals surface area (Å²) in [4.78, 5) is 20.0. The van der Waals surface area contributed by atoms with Crippen molar-refractivity contribution in [3.63, 3.8) is 0 Å². The molecule has 1 aromatic carbocycles. The van der Waals surface area contributed by atoms with Crippen LogP contribution in [0.15, 0.2) is 46.3 Å². The highest BCUT2D eigenvalue weighted by Crippen LogP contribution is 2.28. The minimum atomic E-state index is -0.629. The molecule has 0 saturated heterocycles. The Balaban J connectivity index is 1.70. The van der Waals surface area contributed by atoms with Crippen molar-refractivity contribution in [1.82, 2.24) is 15.0 Å². The molecule has 0 radical (unpaired) electrons. The maximum Gasteiger partial charge on any atom is 0.264 e. The SMILES string of the molecule is CC[C@H](Oc1ccccc1OC)C(=O)N(CC)Cc1nc(-c2cccs2)no1. The first-order valence-corrected chi connectivity index (χ1v) is 9.99. The van der Waals surface area contributed by atoms with Gasteiger partial charge in [-0.3, -0.25) is 4.79 Å². The Morgan fingerprint density at radius 2 is 2.00 bits per heavy atom. The van der Waals surface area contributed by atoms with E-state index in [1.807, 2.05) is 43.5 Å². The van der Waals surface area contributed by atoms with Gasteiger partial charge in [-0.15, -0.1) is 11.3 Å². The molecule has 0 bridgehead atoms. The Kier molecular flexibility index (Phi) is 6.65. The van der Waals surface area contributed by atoms with Crippen LogP contribution in [-0.2, 0) is 11.3 Å². The van der Waals surface area contributed by atoms with Crippen LogP contribution in [0, 0.1) is 0 Å². The summed E-state index contributed by atoms with van der Waals surface area (Å²) >= 11 is 1.54. The minimum Gasteiger partial charge on any atom is -0.493 e. The van der Waals surface area contributed by atoms with E-state index >= 15 is 0 Å². The first-order valence-electron chi connectivity index (χ1n) is 9.11. The van der Waals surface area contributed by atoms with E-state index in [4.69, 9.17) is 14.0 Å². The van der Waals surface area contributed by atoms with Gasteiger partial charge < -0.3 is 18.9 Å². The second-order valence-corrected chi connectivity index (χ2v) is 6.95. The van der Waals surface area contributed by atoms with Crippen molar-refractivity contribution in [2.45, 2.75) is 32.9 Å². The lowest BCUT2D eigenvalue weighted by Gasteiger charge is -2.25. The van der Waals surface area contributed by atoms with E-state index in [0.29, 0.717) is 36.2 Å². The van der Waals surface area contributed by atoms with Crippen molar-refractivity contribution in [1.29, 1.82) is 0 Å². The number of thiophene rings is 1. The molecule has 3 aromatic rings. The number of hydrogen-bond acceptors (Lipinski definition) is 7. The Morgan fingerprint density at radius 3 is 2.64 bits per heavy atom. The number of hydrogen-bond donors (Lipinski definition) is 0. The number of rotatable bonds is 9. The van der Waals surface area contributed by atoms with Gasteiger partial charge in [0.25, 0.3) is 5.91 Å². The number of carbonyl (C=O) groups is 1. The Morgan fingerprint density at radius 1 is 1.21 bits per heavy atom. The average Bonchev–Trinajstić information content (AvgIpc) is 3.41. The maximum atomic E-state index is 13.0. The van der Waals surface area contributed by atoms with Crippen molar-refractivity contribution >= 4 is 17.2 Å². The Labute approximate surface area is 167 Å². The number of ether oxygens (including phenoxy) is 2. The van der Waals surface area contributed by atoms with Gasteiger partial charge in [-0.05, 0) is 36.9 Å². The molecule has 2 heterocycles. The summed E-state index contributed by atoms with van der Waals surface area (Å²) in [6, 6.07) is 11.1. The largest absolute Gasteiger partial charge is 0.493 e. The molecule has 0 saturated carbocycles. The first-order chi connectivity index (χ1) is 13.7. The van der Waals surface area contributed by atoms with Crippen molar-refractivity contribution in [2.24, 2.45) is 0 Å². The topological polar surface area (TPSA) is 77.7 Å². The van der Waals surface area contributed by atoms with Crippen LogP contribution in [0.1, 0.15) is 26.2 Å². The van der Waals surface area contributed by atoms with Gasteiger partial charge >= 0.3 is 0 Å². The highest BCUT2D eigenvalue weighted by molar-refractivity contribution is 7.13. The fourth-order valence-electron chi connectivity index (χ4n) is 2.72. The lowest BCUT2D eigenvalue weighted by Crippen LogP contribution is -2.41. The summed E-state index contributed by atoms with van der Waals surface area (Å²) in [6.07, 6.45) is -0.103. The zero-order valence-corrected chi connectivity index (χ0v) is 16.9. The van der Waals surface area contributed by atoms with E-state index < -0.39 is 6.10 Å². The molecule has 0 aliphatic rings. The van der Waals surface area contributed by atoms with Crippen molar-refractivity contribution in [3.8, 4) is 22.2 Å². The van der Waals surface area contributed by atoms with Crippen LogP contribution < -0.4 is 9.47 Å². The molecular weight excluding hydrogens is 378 g/mol. The van der Waals surface area contributed by atoms with Gasteiger partial charge in [0.05, 0.1) is 12.0 Å². The Hall–Kier alpha value is -2.87. The fourth-order valence-corrected chi connectivity index (χ4v) is 3.36. The molecule has 8 heteroatoms. The predicted molar refractivity (Wildman–Crippen MR) is 106 cm³/mol. The monoisotopic (exact) mass is 401 g/mol. The van der Waals surface area contributed by atoms with E-state index in [0.717, 1.165) is 4.88 Å². The molecule has 148 valence electrons. The molecule has 1 atom stereocenters. The van der Waals surface area contributed by atoms with E-state index in [2.05, 4.69) is 10.1 Å². The third-order valence-electron chi connectivity index (χ3n) is 4.21. The number of para-hydroxylation sites is 2. The molecule has 3 rings (SSSR count). The van der Waals surface area contributed by atoms with Crippen LogP contribution in [-0.4, -0.2) is 40.7 Å². The number of methoxy groups -OCH3 is 1. The van der Waals surface area contributed by atoms with Crippen LogP contribution in [0.25, 0.3) is 10.7 Å². The molecule has 1 amide bonds. The van der Waals surface area contributed by atoms with Crippen LogP contribution in [0.4, 0.5) is 0 Å². The van der Waals surface area contributed by atoms with E-state index in [-0.39, 0.29) is 12.5 Å². The summed E-state index contributed by atoms with van der Waals surface area (Å²) in [5.41, 5.74) is 0. The summed E-state index contributed by atoms with van der Waals surface area (Å²) in [5.74, 6) is 1.93. The lowest BCUT2D eigenvalue weighted by molar-refractivity contribution is -0.139. The van der Waals surface area contributed by atoms with Gasteiger partial charge in [-0.1, -0.05) is 30.3 Å². The summed E-state index contributed by atoms with van der Waals surface area (Å²) in [7, 11) is 1.57. The van der Waals surface area contributed by atoms with Crippen LogP contribution in [0.3, 0.4) is 0 Å². The Bertz CT molecular complexity index is 895. The van der Waals surface area contributed by atoms with Gasteiger partial charge in [0.2, 0.25) is 11.7 Å². The molecular formula is C20H23N3O4S. The second-order valence-electron chi connectivity index (χ2n) is 6.01. The molecule has 0 aliphatic heterocycles. The smallest absolute Gasteiger partial charge is 0.264 e. The molecule has 2 aromatic heterocycles. The average molecular weight is 401 g/mol. The van der Waals surface area contributed by atoms with Crippen molar-refractivity contribution < 1.29 is 18.8 Å². The summed E-state index contributed by atoms with van der Waals surface area (Å²) in [6.45, 7) is 4.55. The fraction of sp³-hybridized carbons (Fsp3) is 0.350. The minimum absolute atomic E-state index is 0.133. The molecule has 0 unspecified atom stereocenters. The zero-order chi connectivity index (χ0) is 19.9. The number of aromatic nitrogens is 2.